The van der Waals surface area contributed by atoms with E-state index in [1.807, 2.05) is 4.90 Å². The van der Waals surface area contributed by atoms with Gasteiger partial charge in [0.15, 0.2) is 11.5 Å². The van der Waals surface area contributed by atoms with Crippen LogP contribution in [0.3, 0.4) is 0 Å². The van der Waals surface area contributed by atoms with Gasteiger partial charge in [-0.25, -0.2) is 4.39 Å². The molecular formula is C28H30FN3O6S. The van der Waals surface area contributed by atoms with E-state index in [1.165, 1.54) is 39.2 Å². The number of thioether (sulfide) groups is 1. The molecule has 39 heavy (non-hydrogen) atoms. The topological polar surface area (TPSA) is 84.7 Å². The van der Waals surface area contributed by atoms with E-state index in [0.717, 1.165) is 5.56 Å². The van der Waals surface area contributed by atoms with Crippen LogP contribution < -0.4 is 19.1 Å². The summed E-state index contributed by atoms with van der Waals surface area (Å²) in [6, 6.07) is 10.9. The largest absolute Gasteiger partial charge is 0.493 e. The molecule has 11 heteroatoms. The number of ether oxygens (including phenoxy) is 3. The molecule has 2 fully saturated rings. The van der Waals surface area contributed by atoms with E-state index < -0.39 is 11.4 Å². The summed E-state index contributed by atoms with van der Waals surface area (Å²) in [5.41, 5.74) is 1.63. The van der Waals surface area contributed by atoms with Gasteiger partial charge in [0.05, 0.1) is 39.5 Å². The van der Waals surface area contributed by atoms with Gasteiger partial charge in [-0.15, -0.1) is 11.8 Å². The van der Waals surface area contributed by atoms with Crippen LogP contribution in [0.1, 0.15) is 21.3 Å². The first-order valence-corrected chi connectivity index (χ1v) is 13.6. The molecule has 0 N–H and O–H groups in total. The molecule has 3 heterocycles. The molecule has 2 aliphatic heterocycles. The summed E-state index contributed by atoms with van der Waals surface area (Å²) < 4.78 is 35.9. The molecule has 2 aliphatic rings. The maximum atomic E-state index is 14.3. The number of para-hydroxylation sites is 1. The van der Waals surface area contributed by atoms with Crippen molar-refractivity contribution in [2.45, 2.75) is 11.4 Å². The van der Waals surface area contributed by atoms with Crippen molar-refractivity contribution in [2.24, 2.45) is 0 Å². The van der Waals surface area contributed by atoms with E-state index in [2.05, 4.69) is 0 Å². The van der Waals surface area contributed by atoms with Crippen LogP contribution >= 0.6 is 11.8 Å². The zero-order valence-corrected chi connectivity index (χ0v) is 22.8. The molecule has 1 aromatic heterocycles. The second-order valence-corrected chi connectivity index (χ2v) is 10.3. The van der Waals surface area contributed by atoms with Gasteiger partial charge in [-0.05, 0) is 30.3 Å². The van der Waals surface area contributed by atoms with Crippen LogP contribution in [0.5, 0.6) is 17.2 Å². The molecule has 0 aliphatic carbocycles. The number of halogens is 1. The first-order chi connectivity index (χ1) is 19.0. The zero-order valence-electron chi connectivity index (χ0n) is 22.0. The van der Waals surface area contributed by atoms with Crippen molar-refractivity contribution < 1.29 is 32.6 Å². The number of carbonyl (C=O) groups is 2. The summed E-state index contributed by atoms with van der Waals surface area (Å²) in [4.78, 5) is 33.2. The minimum atomic E-state index is -0.693. The molecule has 2 unspecified atom stereocenters. The normalized spacial score (nSPS) is 19.2. The molecule has 0 spiro atoms. The first-order valence-electron chi connectivity index (χ1n) is 12.5. The number of hydrogen-bond donors (Lipinski definition) is 0. The molecule has 9 nitrogen and oxygen atoms in total. The Labute approximate surface area is 230 Å². The summed E-state index contributed by atoms with van der Waals surface area (Å²) in [6.07, 6.45) is 3.14. The third kappa shape index (κ3) is 5.10. The Morgan fingerprint density at radius 1 is 0.974 bits per heavy atom. The average molecular weight is 556 g/mol. The third-order valence-corrected chi connectivity index (χ3v) is 8.37. The lowest BCUT2D eigenvalue weighted by Crippen LogP contribution is -2.55. The highest BCUT2D eigenvalue weighted by Crippen LogP contribution is 2.45. The standard InChI is InChI=1S/C28H30FN3O6S/c1-35-23-14-19(15-24(36-2)25(23)37-3)26(33)32-22(17-39-28(32)18-8-13-38-16-18)27(34)31-11-9-30(10-12-31)21-7-5-4-6-20(21)29/h4-8,13-16,22,28H,9-12,17H2,1-3H3. The van der Waals surface area contributed by atoms with Crippen molar-refractivity contribution in [1.82, 2.24) is 9.80 Å². The Hall–Kier alpha value is -3.86. The molecule has 0 radical (unpaired) electrons. The molecule has 0 bridgehead atoms. The summed E-state index contributed by atoms with van der Waals surface area (Å²) in [7, 11) is 4.46. The SMILES string of the molecule is COc1cc(C(=O)N2C(C(=O)N3CCN(c4ccccc4F)CC3)CSC2c2ccoc2)cc(OC)c1OC. The number of benzene rings is 2. The van der Waals surface area contributed by atoms with Crippen molar-refractivity contribution in [1.29, 1.82) is 0 Å². The highest BCUT2D eigenvalue weighted by atomic mass is 32.2. The van der Waals surface area contributed by atoms with Gasteiger partial charge in [0.25, 0.3) is 5.91 Å². The Balaban J connectivity index is 1.41. The highest BCUT2D eigenvalue weighted by molar-refractivity contribution is 7.99. The Bertz CT molecular complexity index is 1300. The van der Waals surface area contributed by atoms with Gasteiger partial charge in [-0.1, -0.05) is 12.1 Å². The van der Waals surface area contributed by atoms with E-state index >= 15 is 0 Å². The molecule has 2 amide bonds. The summed E-state index contributed by atoms with van der Waals surface area (Å²) in [6.45, 7) is 1.85. The molecule has 2 saturated heterocycles. The number of nitrogens with zero attached hydrogens (tertiary/aromatic N) is 3. The molecule has 206 valence electrons. The van der Waals surface area contributed by atoms with Crippen LogP contribution in [-0.4, -0.2) is 80.9 Å². The molecule has 3 aromatic rings. The van der Waals surface area contributed by atoms with E-state index in [1.54, 1.807) is 58.7 Å². The number of furan rings is 1. The zero-order chi connectivity index (χ0) is 27.5. The predicted octanol–water partition coefficient (Wildman–Crippen LogP) is 4.05. The monoisotopic (exact) mass is 555 g/mol. The van der Waals surface area contributed by atoms with Crippen molar-refractivity contribution in [3.63, 3.8) is 0 Å². The maximum Gasteiger partial charge on any atom is 0.256 e. The lowest BCUT2D eigenvalue weighted by molar-refractivity contribution is -0.135. The van der Waals surface area contributed by atoms with Crippen molar-refractivity contribution in [3.8, 4) is 17.2 Å². The fraction of sp³-hybridized carbons (Fsp3) is 0.357. The fourth-order valence-corrected chi connectivity index (χ4v) is 6.45. The minimum absolute atomic E-state index is 0.137. The van der Waals surface area contributed by atoms with Gasteiger partial charge in [-0.2, -0.15) is 0 Å². The van der Waals surface area contributed by atoms with Gasteiger partial charge in [-0.3, -0.25) is 9.59 Å². The number of carbonyl (C=O) groups excluding carboxylic acids is 2. The number of amides is 2. The number of anilines is 1. The van der Waals surface area contributed by atoms with E-state index in [0.29, 0.717) is 60.4 Å². The molecule has 2 aromatic carbocycles. The van der Waals surface area contributed by atoms with Crippen molar-refractivity contribution >= 4 is 29.3 Å². The summed E-state index contributed by atoms with van der Waals surface area (Å²) >= 11 is 1.51. The minimum Gasteiger partial charge on any atom is -0.493 e. The molecule has 2 atom stereocenters. The van der Waals surface area contributed by atoms with Crippen molar-refractivity contribution in [3.05, 3.63) is 71.9 Å². The van der Waals surface area contributed by atoms with Crippen LogP contribution in [0, 0.1) is 5.82 Å². The maximum absolute atomic E-state index is 14.3. The number of rotatable bonds is 7. The first kappa shape index (κ1) is 26.7. The number of methoxy groups -OCH3 is 3. The van der Waals surface area contributed by atoms with Gasteiger partial charge in [0.2, 0.25) is 11.7 Å². The predicted molar refractivity (Wildman–Crippen MR) is 145 cm³/mol. The summed E-state index contributed by atoms with van der Waals surface area (Å²) in [5, 5.41) is -0.413. The second kappa shape index (κ2) is 11.5. The smallest absolute Gasteiger partial charge is 0.256 e. The van der Waals surface area contributed by atoms with Crippen LogP contribution in [0.25, 0.3) is 0 Å². The Kier molecular flexibility index (Phi) is 7.87. The number of piperazine rings is 1. The second-order valence-electron chi connectivity index (χ2n) is 9.15. The number of hydrogen-bond acceptors (Lipinski definition) is 8. The molecule has 0 saturated carbocycles. The summed E-state index contributed by atoms with van der Waals surface area (Å²) in [5.74, 6) is 0.737. The Morgan fingerprint density at radius 2 is 1.67 bits per heavy atom. The highest BCUT2D eigenvalue weighted by Gasteiger charge is 2.45. The van der Waals surface area contributed by atoms with Crippen LogP contribution in [0.2, 0.25) is 0 Å². The fourth-order valence-electron chi connectivity index (χ4n) is 5.06. The van der Waals surface area contributed by atoms with E-state index in [9.17, 15) is 14.0 Å². The van der Waals surface area contributed by atoms with Gasteiger partial charge in [0, 0.05) is 43.1 Å². The lowest BCUT2D eigenvalue weighted by atomic mass is 10.1. The quantitative estimate of drug-likeness (QED) is 0.432. The van der Waals surface area contributed by atoms with Crippen LogP contribution in [0.4, 0.5) is 10.1 Å². The van der Waals surface area contributed by atoms with Gasteiger partial charge < -0.3 is 33.3 Å². The van der Waals surface area contributed by atoms with E-state index in [-0.39, 0.29) is 17.6 Å². The molecular weight excluding hydrogens is 525 g/mol. The van der Waals surface area contributed by atoms with Crippen molar-refractivity contribution in [2.75, 3.05) is 58.2 Å². The van der Waals surface area contributed by atoms with Crippen LogP contribution in [0.15, 0.2) is 59.4 Å². The van der Waals surface area contributed by atoms with Gasteiger partial charge >= 0.3 is 0 Å². The lowest BCUT2D eigenvalue weighted by Gasteiger charge is -2.38. The van der Waals surface area contributed by atoms with Gasteiger partial charge in [0.1, 0.15) is 17.2 Å². The molecule has 5 rings (SSSR count). The van der Waals surface area contributed by atoms with Crippen LogP contribution in [-0.2, 0) is 4.79 Å². The van der Waals surface area contributed by atoms with E-state index in [4.69, 9.17) is 18.6 Å². The average Bonchev–Trinajstić information content (AvgIpc) is 3.66. The third-order valence-electron chi connectivity index (χ3n) is 7.04. The Morgan fingerprint density at radius 3 is 2.26 bits per heavy atom.